The fraction of sp³-hybridized carbons (Fsp3) is 0.333. The van der Waals surface area contributed by atoms with Crippen LogP contribution >= 0.6 is 0 Å². The lowest BCUT2D eigenvalue weighted by Gasteiger charge is -2.37. The van der Waals surface area contributed by atoms with Gasteiger partial charge in [-0.2, -0.15) is 35.1 Å². The van der Waals surface area contributed by atoms with Crippen molar-refractivity contribution in [3.05, 3.63) is 49.6 Å². The van der Waals surface area contributed by atoms with Crippen LogP contribution in [-0.4, -0.2) is 23.7 Å². The van der Waals surface area contributed by atoms with Crippen LogP contribution in [0.4, 0.5) is 35.1 Å². The zero-order valence-corrected chi connectivity index (χ0v) is 10.0. The standard InChI is InChI=1S/C12H10F8/c1-5-7(3)9(13,14)11(17,18)12(19,20)10(15,16)8(4)6-2/h5-6H,1-4H2. The van der Waals surface area contributed by atoms with E-state index in [-0.39, 0.29) is 12.2 Å². The fourth-order valence-corrected chi connectivity index (χ4v) is 1.05. The minimum absolute atomic E-state index is 0.0739. The molecule has 0 heterocycles. The Morgan fingerprint density at radius 3 is 0.950 bits per heavy atom. The molecule has 0 bridgehead atoms. The maximum Gasteiger partial charge on any atom is 0.382 e. The highest BCUT2D eigenvalue weighted by atomic mass is 19.4. The summed E-state index contributed by atoms with van der Waals surface area (Å²) in [6.45, 7) is 10.1. The van der Waals surface area contributed by atoms with Gasteiger partial charge in [-0.1, -0.05) is 38.5 Å². The van der Waals surface area contributed by atoms with E-state index in [1.807, 2.05) is 0 Å². The van der Waals surface area contributed by atoms with Crippen molar-refractivity contribution >= 4 is 0 Å². The summed E-state index contributed by atoms with van der Waals surface area (Å²) in [6, 6.07) is 0. The molecule has 0 spiro atoms. The Morgan fingerprint density at radius 2 is 0.800 bits per heavy atom. The molecule has 0 aromatic rings. The average molecular weight is 306 g/mol. The average Bonchev–Trinajstić information content (AvgIpc) is 2.35. The number of rotatable bonds is 7. The lowest BCUT2D eigenvalue weighted by Crippen LogP contribution is -2.62. The van der Waals surface area contributed by atoms with E-state index in [0.717, 1.165) is 0 Å². The van der Waals surface area contributed by atoms with E-state index in [9.17, 15) is 35.1 Å². The van der Waals surface area contributed by atoms with Gasteiger partial charge in [-0.3, -0.25) is 0 Å². The molecular weight excluding hydrogens is 296 g/mol. The Labute approximate surface area is 109 Å². The largest absolute Gasteiger partial charge is 0.382 e. The van der Waals surface area contributed by atoms with Gasteiger partial charge < -0.3 is 0 Å². The first-order valence-electron chi connectivity index (χ1n) is 4.86. The molecule has 0 aliphatic rings. The Bertz CT molecular complexity index is 402. The molecule has 0 amide bonds. The molecule has 8 heteroatoms. The van der Waals surface area contributed by atoms with Gasteiger partial charge >= 0.3 is 23.7 Å². The van der Waals surface area contributed by atoms with Crippen LogP contribution in [0.2, 0.25) is 0 Å². The van der Waals surface area contributed by atoms with Crippen molar-refractivity contribution in [2.75, 3.05) is 0 Å². The third-order valence-corrected chi connectivity index (χ3v) is 2.48. The molecule has 0 rings (SSSR count). The van der Waals surface area contributed by atoms with Crippen LogP contribution in [0, 0.1) is 0 Å². The van der Waals surface area contributed by atoms with Crippen LogP contribution < -0.4 is 0 Å². The number of halogens is 8. The molecule has 0 aliphatic heterocycles. The van der Waals surface area contributed by atoms with Crippen LogP contribution in [0.3, 0.4) is 0 Å². The summed E-state index contributed by atoms with van der Waals surface area (Å²) < 4.78 is 106. The maximum absolute atomic E-state index is 13.2. The predicted molar refractivity (Wildman–Crippen MR) is 58.5 cm³/mol. The van der Waals surface area contributed by atoms with Gasteiger partial charge in [0.15, 0.2) is 0 Å². The summed E-state index contributed by atoms with van der Waals surface area (Å²) in [7, 11) is 0. The van der Waals surface area contributed by atoms with E-state index in [1.165, 1.54) is 0 Å². The van der Waals surface area contributed by atoms with E-state index in [4.69, 9.17) is 0 Å². The Kier molecular flexibility index (Phi) is 4.66. The molecule has 0 nitrogen and oxygen atoms in total. The van der Waals surface area contributed by atoms with Crippen LogP contribution in [0.5, 0.6) is 0 Å². The van der Waals surface area contributed by atoms with E-state index in [1.54, 1.807) is 0 Å². The van der Waals surface area contributed by atoms with Gasteiger partial charge in [0.1, 0.15) is 0 Å². The molecule has 0 atom stereocenters. The predicted octanol–water partition coefficient (Wildman–Crippen LogP) is 5.01. The molecule has 114 valence electrons. The first-order valence-corrected chi connectivity index (χ1v) is 4.86. The lowest BCUT2D eigenvalue weighted by atomic mass is 9.91. The molecule has 0 aromatic heterocycles. The van der Waals surface area contributed by atoms with Crippen molar-refractivity contribution in [1.82, 2.24) is 0 Å². The second-order valence-corrected chi connectivity index (χ2v) is 3.76. The minimum atomic E-state index is -6.42. The SMILES string of the molecule is C=CC(=C)C(F)(F)C(F)(F)C(F)(F)C(F)(F)C(=C)C=C. The summed E-state index contributed by atoms with van der Waals surface area (Å²) in [5, 5.41) is 0. The molecule has 0 N–H and O–H groups in total. The quantitative estimate of drug-likeness (QED) is 0.458. The van der Waals surface area contributed by atoms with Crippen LogP contribution in [0.25, 0.3) is 0 Å². The van der Waals surface area contributed by atoms with Gasteiger partial charge in [-0.05, 0) is 0 Å². The molecule has 0 aliphatic carbocycles. The summed E-state index contributed by atoms with van der Waals surface area (Å²) in [6.07, 6.45) is 0.148. The van der Waals surface area contributed by atoms with Gasteiger partial charge in [0.05, 0.1) is 0 Å². The first-order chi connectivity index (χ1) is 8.71. The van der Waals surface area contributed by atoms with Crippen molar-refractivity contribution in [3.63, 3.8) is 0 Å². The molecule has 0 aromatic carbocycles. The summed E-state index contributed by atoms with van der Waals surface area (Å²) in [5.74, 6) is -24.1. The summed E-state index contributed by atoms with van der Waals surface area (Å²) in [4.78, 5) is 0. The zero-order chi connectivity index (χ0) is 16.6. The van der Waals surface area contributed by atoms with Crippen molar-refractivity contribution in [3.8, 4) is 0 Å². The smallest absolute Gasteiger partial charge is 0.194 e. The highest BCUT2D eigenvalue weighted by molar-refractivity contribution is 5.31. The van der Waals surface area contributed by atoms with Gasteiger partial charge in [0, 0.05) is 11.1 Å². The fourth-order valence-electron chi connectivity index (χ4n) is 1.05. The maximum atomic E-state index is 13.2. The van der Waals surface area contributed by atoms with E-state index >= 15 is 0 Å². The number of hydrogen-bond acceptors (Lipinski definition) is 0. The first kappa shape index (κ1) is 18.4. The molecular formula is C12H10F8. The van der Waals surface area contributed by atoms with Gasteiger partial charge in [0.25, 0.3) is 0 Å². The van der Waals surface area contributed by atoms with E-state index in [0.29, 0.717) is 0 Å². The Balaban J connectivity index is 6.05. The molecule has 0 saturated carbocycles. The third kappa shape index (κ3) is 2.27. The molecule has 20 heavy (non-hydrogen) atoms. The van der Waals surface area contributed by atoms with Crippen molar-refractivity contribution in [2.24, 2.45) is 0 Å². The van der Waals surface area contributed by atoms with Crippen LogP contribution in [0.1, 0.15) is 0 Å². The van der Waals surface area contributed by atoms with Gasteiger partial charge in [-0.15, -0.1) is 0 Å². The van der Waals surface area contributed by atoms with E-state index < -0.39 is 34.8 Å². The van der Waals surface area contributed by atoms with Gasteiger partial charge in [-0.25, -0.2) is 0 Å². The lowest BCUT2D eigenvalue weighted by molar-refractivity contribution is -0.347. The molecule has 0 radical (unpaired) electrons. The minimum Gasteiger partial charge on any atom is -0.194 e. The number of allylic oxidation sites excluding steroid dienone is 4. The second-order valence-electron chi connectivity index (χ2n) is 3.76. The highest BCUT2D eigenvalue weighted by Crippen LogP contribution is 2.56. The monoisotopic (exact) mass is 306 g/mol. The van der Waals surface area contributed by atoms with Crippen molar-refractivity contribution in [1.29, 1.82) is 0 Å². The summed E-state index contributed by atoms with van der Waals surface area (Å²) >= 11 is 0. The second kappa shape index (κ2) is 5.06. The molecule has 0 saturated heterocycles. The van der Waals surface area contributed by atoms with Gasteiger partial charge in [0.2, 0.25) is 0 Å². The Hall–Kier alpha value is -1.60. The number of hydrogen-bond donors (Lipinski definition) is 0. The topological polar surface area (TPSA) is 0 Å². The normalized spacial score (nSPS) is 13.8. The van der Waals surface area contributed by atoms with Crippen LogP contribution in [-0.2, 0) is 0 Å². The number of alkyl halides is 8. The highest BCUT2D eigenvalue weighted by Gasteiger charge is 2.81. The molecule has 0 unspecified atom stereocenters. The Morgan fingerprint density at radius 1 is 0.600 bits per heavy atom. The third-order valence-electron chi connectivity index (χ3n) is 2.48. The van der Waals surface area contributed by atoms with E-state index in [2.05, 4.69) is 26.3 Å². The van der Waals surface area contributed by atoms with Crippen molar-refractivity contribution < 1.29 is 35.1 Å². The van der Waals surface area contributed by atoms with Crippen molar-refractivity contribution in [2.45, 2.75) is 23.7 Å². The molecule has 0 fully saturated rings. The van der Waals surface area contributed by atoms with Crippen LogP contribution in [0.15, 0.2) is 49.6 Å². The summed E-state index contributed by atoms with van der Waals surface area (Å²) in [5.41, 5.74) is -3.63. The zero-order valence-electron chi connectivity index (χ0n) is 10.0.